The molecule has 1 heterocycles. The van der Waals surface area contributed by atoms with Crippen molar-refractivity contribution in [3.8, 4) is 0 Å². The van der Waals surface area contributed by atoms with E-state index in [9.17, 15) is 5.21 Å². The molecule has 0 aliphatic carbocycles. The molecule has 0 saturated heterocycles. The second kappa shape index (κ2) is 4.39. The van der Waals surface area contributed by atoms with Crippen LogP contribution in [0, 0.1) is 0 Å². The topological polar surface area (TPSA) is 75.6 Å². The average Bonchev–Trinajstić information content (AvgIpc) is 2.30. The second-order valence-corrected chi connectivity index (χ2v) is 3.25. The number of nitrogens with two attached hydrogens (primary N) is 1. The predicted octanol–water partition coefficient (Wildman–Crippen LogP) is 1.24. The molecule has 16 heavy (non-hydrogen) atoms. The molecule has 5 heteroatoms. The molecule has 82 valence electrons. The van der Waals surface area contributed by atoms with Crippen molar-refractivity contribution in [1.29, 1.82) is 0 Å². The van der Waals surface area contributed by atoms with Crippen molar-refractivity contribution in [2.24, 2.45) is 5.10 Å². The maximum absolute atomic E-state index is 9.40. The Morgan fingerprint density at radius 2 is 1.88 bits per heavy atom. The van der Waals surface area contributed by atoms with Gasteiger partial charge in [0.25, 0.3) is 0 Å². The van der Waals surface area contributed by atoms with Gasteiger partial charge in [-0.2, -0.15) is 9.83 Å². The van der Waals surface area contributed by atoms with Crippen molar-refractivity contribution in [2.75, 3.05) is 11.2 Å². The molecule has 0 saturated carbocycles. The lowest BCUT2D eigenvalue weighted by molar-refractivity contribution is 0.172. The molecule has 5 nitrogen and oxygen atoms in total. The number of anilines is 2. The van der Waals surface area contributed by atoms with Crippen LogP contribution >= 0.6 is 0 Å². The third-order valence-corrected chi connectivity index (χ3v) is 2.03. The second-order valence-electron chi connectivity index (χ2n) is 3.25. The normalized spacial score (nSPS) is 11.4. The fraction of sp³-hybridized carbons (Fsp3) is 0. The van der Waals surface area contributed by atoms with Gasteiger partial charge in [-0.15, -0.1) is 0 Å². The Hall–Kier alpha value is -2.43. The Balaban J connectivity index is 2.21. The molecule has 0 spiro atoms. The van der Waals surface area contributed by atoms with Gasteiger partial charge in [0.15, 0.2) is 5.49 Å². The van der Waals surface area contributed by atoms with Crippen molar-refractivity contribution in [3.05, 3.63) is 54.1 Å². The lowest BCUT2D eigenvalue weighted by Crippen LogP contribution is -2.18. The molecule has 2 rings (SSSR count). The summed E-state index contributed by atoms with van der Waals surface area (Å²) in [4.78, 5) is 0. The highest BCUT2D eigenvalue weighted by Gasteiger charge is 1.90. The van der Waals surface area contributed by atoms with Gasteiger partial charge in [0.05, 0.1) is 5.69 Å². The van der Waals surface area contributed by atoms with Gasteiger partial charge in [-0.1, -0.05) is 6.07 Å². The van der Waals surface area contributed by atoms with E-state index in [0.717, 1.165) is 10.4 Å². The number of aromatic nitrogens is 1. The summed E-state index contributed by atoms with van der Waals surface area (Å²) in [6.45, 7) is 0. The molecule has 0 fully saturated rings. The van der Waals surface area contributed by atoms with Crippen molar-refractivity contribution in [3.63, 3.8) is 0 Å². The van der Waals surface area contributed by atoms with E-state index in [-0.39, 0.29) is 0 Å². The Kier molecular flexibility index (Phi) is 2.77. The third-order valence-electron chi connectivity index (χ3n) is 2.03. The van der Waals surface area contributed by atoms with Crippen LogP contribution in [0.2, 0.25) is 0 Å². The summed E-state index contributed by atoms with van der Waals surface area (Å²) >= 11 is 0. The van der Waals surface area contributed by atoms with E-state index in [1.807, 2.05) is 12.1 Å². The number of hydrogen-bond acceptors (Lipinski definition) is 4. The molecule has 0 bridgehead atoms. The SMILES string of the molecule is Nc1ccc(NN=c2ccccn2O)cc1. The van der Waals surface area contributed by atoms with E-state index in [1.165, 1.54) is 6.20 Å². The van der Waals surface area contributed by atoms with Gasteiger partial charge in [-0.05, 0) is 36.4 Å². The number of rotatable bonds is 2. The fourth-order valence-corrected chi connectivity index (χ4v) is 1.19. The van der Waals surface area contributed by atoms with E-state index in [2.05, 4.69) is 10.5 Å². The fourth-order valence-electron chi connectivity index (χ4n) is 1.19. The Morgan fingerprint density at radius 3 is 2.56 bits per heavy atom. The molecule has 2 aromatic rings. The summed E-state index contributed by atoms with van der Waals surface area (Å²) in [5.74, 6) is 0. The van der Waals surface area contributed by atoms with Crippen LogP contribution in [-0.4, -0.2) is 9.94 Å². The minimum atomic E-state index is 0.416. The minimum Gasteiger partial charge on any atom is -0.427 e. The van der Waals surface area contributed by atoms with Crippen LogP contribution in [0.5, 0.6) is 0 Å². The van der Waals surface area contributed by atoms with Crippen LogP contribution in [0.1, 0.15) is 0 Å². The lowest BCUT2D eigenvalue weighted by Gasteiger charge is -2.01. The summed E-state index contributed by atoms with van der Waals surface area (Å²) in [5, 5.41) is 13.4. The summed E-state index contributed by atoms with van der Waals surface area (Å²) in [5.41, 5.74) is 10.3. The highest BCUT2D eigenvalue weighted by Crippen LogP contribution is 2.09. The lowest BCUT2D eigenvalue weighted by atomic mass is 10.3. The number of nitrogen functional groups attached to an aromatic ring is 1. The van der Waals surface area contributed by atoms with Crippen molar-refractivity contribution < 1.29 is 5.21 Å². The number of benzene rings is 1. The van der Waals surface area contributed by atoms with Gasteiger partial charge in [-0.25, -0.2) is 0 Å². The molecular formula is C11H12N4O. The van der Waals surface area contributed by atoms with Gasteiger partial charge < -0.3 is 10.9 Å². The quantitative estimate of drug-likeness (QED) is 0.401. The number of nitrogens with zero attached hydrogens (tertiary/aromatic N) is 2. The van der Waals surface area contributed by atoms with Crippen molar-refractivity contribution in [2.45, 2.75) is 0 Å². The van der Waals surface area contributed by atoms with Gasteiger partial charge in [0.1, 0.15) is 0 Å². The van der Waals surface area contributed by atoms with Gasteiger partial charge in [0, 0.05) is 11.9 Å². The molecule has 0 aliphatic heterocycles. The smallest absolute Gasteiger partial charge is 0.187 e. The van der Waals surface area contributed by atoms with E-state index in [1.54, 1.807) is 30.3 Å². The highest BCUT2D eigenvalue weighted by molar-refractivity contribution is 5.50. The first-order valence-corrected chi connectivity index (χ1v) is 4.78. The highest BCUT2D eigenvalue weighted by atomic mass is 16.5. The first kappa shape index (κ1) is 10.1. The average molecular weight is 216 g/mol. The standard InChI is InChI=1S/C11H12N4O/c12-9-4-6-10(7-5-9)13-14-11-3-1-2-8-15(11)16/h1-8,13,16H,12H2. The third kappa shape index (κ3) is 2.33. The van der Waals surface area contributed by atoms with Crippen LogP contribution in [0.4, 0.5) is 11.4 Å². The largest absolute Gasteiger partial charge is 0.427 e. The summed E-state index contributed by atoms with van der Waals surface area (Å²) in [6.07, 6.45) is 1.50. The van der Waals surface area contributed by atoms with E-state index >= 15 is 0 Å². The summed E-state index contributed by atoms with van der Waals surface area (Å²) in [6, 6.07) is 12.3. The Morgan fingerprint density at radius 1 is 1.12 bits per heavy atom. The molecule has 4 N–H and O–H groups in total. The summed E-state index contributed by atoms with van der Waals surface area (Å²) in [7, 11) is 0. The maximum atomic E-state index is 9.40. The molecule has 0 amide bonds. The number of hydrogen-bond donors (Lipinski definition) is 3. The van der Waals surface area contributed by atoms with Crippen LogP contribution in [-0.2, 0) is 0 Å². The maximum Gasteiger partial charge on any atom is 0.187 e. The number of pyridine rings is 1. The van der Waals surface area contributed by atoms with Gasteiger partial charge >= 0.3 is 0 Å². The van der Waals surface area contributed by atoms with Gasteiger partial charge in [-0.3, -0.25) is 5.43 Å². The Bertz CT molecular complexity index is 530. The summed E-state index contributed by atoms with van der Waals surface area (Å²) < 4.78 is 0.935. The Labute approximate surface area is 92.4 Å². The molecule has 0 atom stereocenters. The molecule has 0 radical (unpaired) electrons. The minimum absolute atomic E-state index is 0.416. The molecule has 1 aromatic carbocycles. The zero-order valence-electron chi connectivity index (χ0n) is 8.54. The monoisotopic (exact) mass is 216 g/mol. The van der Waals surface area contributed by atoms with Crippen molar-refractivity contribution >= 4 is 11.4 Å². The van der Waals surface area contributed by atoms with Crippen LogP contribution in [0.15, 0.2) is 53.8 Å². The van der Waals surface area contributed by atoms with E-state index < -0.39 is 0 Å². The first-order valence-electron chi connectivity index (χ1n) is 4.78. The van der Waals surface area contributed by atoms with Crippen LogP contribution in [0.25, 0.3) is 0 Å². The molecule has 1 aromatic heterocycles. The van der Waals surface area contributed by atoms with E-state index in [4.69, 9.17) is 5.73 Å². The molecular weight excluding hydrogens is 204 g/mol. The van der Waals surface area contributed by atoms with E-state index in [0.29, 0.717) is 11.2 Å². The van der Waals surface area contributed by atoms with Crippen LogP contribution in [0.3, 0.4) is 0 Å². The zero-order valence-corrected chi connectivity index (χ0v) is 8.54. The molecule has 0 unspecified atom stereocenters. The predicted molar refractivity (Wildman–Crippen MR) is 61.7 cm³/mol. The van der Waals surface area contributed by atoms with Gasteiger partial charge in [0.2, 0.25) is 0 Å². The number of nitrogens with one attached hydrogen (secondary N) is 1. The molecule has 0 aliphatic rings. The van der Waals surface area contributed by atoms with Crippen LogP contribution < -0.4 is 16.6 Å². The zero-order chi connectivity index (χ0) is 11.4. The first-order chi connectivity index (χ1) is 7.75. The van der Waals surface area contributed by atoms with Crippen molar-refractivity contribution in [1.82, 2.24) is 4.73 Å².